The number of hydrogen-bond donors (Lipinski definition) is 1. The predicted octanol–water partition coefficient (Wildman–Crippen LogP) is 2.98. The number of nitrogens with one attached hydrogen (secondary N) is 1. The zero-order valence-electron chi connectivity index (χ0n) is 13.3. The molecule has 0 aromatic carbocycles. The van der Waals surface area contributed by atoms with E-state index in [2.05, 4.69) is 45.2 Å². The number of aromatic nitrogens is 2. The molecule has 0 aliphatic carbocycles. The molecule has 0 bridgehead atoms. The number of pyridine rings is 1. The van der Waals surface area contributed by atoms with Gasteiger partial charge in [0.05, 0.1) is 12.8 Å². The number of nitrogens with zero attached hydrogens (tertiary/aromatic N) is 3. The van der Waals surface area contributed by atoms with Gasteiger partial charge in [0.25, 0.3) is 0 Å². The number of methoxy groups -OCH3 is 1. The van der Waals surface area contributed by atoms with Gasteiger partial charge < -0.3 is 19.5 Å². The van der Waals surface area contributed by atoms with Crippen molar-refractivity contribution in [2.24, 2.45) is 0 Å². The average molecular weight is 288 g/mol. The maximum absolute atomic E-state index is 5.36. The molecule has 1 N–H and O–H groups in total. The lowest BCUT2D eigenvalue weighted by Gasteiger charge is -2.19. The number of aryl methyl sites for hydroxylation is 1. The smallest absolute Gasteiger partial charge is 0.239 e. The van der Waals surface area contributed by atoms with E-state index in [1.807, 2.05) is 20.2 Å². The Balaban J connectivity index is 2.14. The fourth-order valence-corrected chi connectivity index (χ4v) is 2.31. The zero-order chi connectivity index (χ0) is 15.2. The Morgan fingerprint density at radius 3 is 2.81 bits per heavy atom. The van der Waals surface area contributed by atoms with Crippen molar-refractivity contribution in [3.8, 4) is 5.88 Å². The molecular weight excluding hydrogens is 264 g/mol. The van der Waals surface area contributed by atoms with Gasteiger partial charge in [-0.15, -0.1) is 0 Å². The average Bonchev–Trinajstić information content (AvgIpc) is 2.92. The second-order valence-electron chi connectivity index (χ2n) is 5.22. The van der Waals surface area contributed by atoms with Gasteiger partial charge in [0.15, 0.2) is 0 Å². The van der Waals surface area contributed by atoms with E-state index in [1.165, 1.54) is 5.56 Å². The summed E-state index contributed by atoms with van der Waals surface area (Å²) in [6, 6.07) is 4.12. The van der Waals surface area contributed by atoms with Gasteiger partial charge >= 0.3 is 0 Å². The second-order valence-corrected chi connectivity index (χ2v) is 5.22. The predicted molar refractivity (Wildman–Crippen MR) is 87.2 cm³/mol. The summed E-state index contributed by atoms with van der Waals surface area (Å²) >= 11 is 0. The summed E-state index contributed by atoms with van der Waals surface area (Å²) in [7, 11) is 5.67. The lowest BCUT2D eigenvalue weighted by molar-refractivity contribution is 0.400. The number of rotatable bonds is 7. The minimum absolute atomic E-state index is 0.620. The quantitative estimate of drug-likeness (QED) is 0.850. The van der Waals surface area contributed by atoms with Crippen LogP contribution in [-0.2, 0) is 13.1 Å². The fraction of sp³-hybridized carbons (Fsp3) is 0.438. The van der Waals surface area contributed by atoms with Crippen molar-refractivity contribution >= 4 is 11.4 Å². The van der Waals surface area contributed by atoms with Crippen LogP contribution < -0.4 is 15.0 Å². The summed E-state index contributed by atoms with van der Waals surface area (Å²) in [6.45, 7) is 3.99. The van der Waals surface area contributed by atoms with E-state index in [1.54, 1.807) is 13.3 Å². The Morgan fingerprint density at radius 2 is 2.14 bits per heavy atom. The van der Waals surface area contributed by atoms with Crippen molar-refractivity contribution in [3.05, 3.63) is 36.3 Å². The van der Waals surface area contributed by atoms with Crippen LogP contribution in [0.2, 0.25) is 0 Å². The summed E-state index contributed by atoms with van der Waals surface area (Å²) in [5.74, 6) is 0.620. The normalized spacial score (nSPS) is 10.5. The van der Waals surface area contributed by atoms with Crippen LogP contribution in [0.5, 0.6) is 5.88 Å². The molecule has 0 aliphatic heterocycles. The van der Waals surface area contributed by atoms with E-state index in [-0.39, 0.29) is 0 Å². The van der Waals surface area contributed by atoms with E-state index in [4.69, 9.17) is 4.74 Å². The van der Waals surface area contributed by atoms with Gasteiger partial charge in [-0.25, -0.2) is 4.98 Å². The minimum Gasteiger partial charge on any atom is -0.479 e. The number of anilines is 2. The fourth-order valence-electron chi connectivity index (χ4n) is 2.31. The molecule has 0 radical (unpaired) electrons. The first-order valence-electron chi connectivity index (χ1n) is 7.24. The van der Waals surface area contributed by atoms with Gasteiger partial charge in [0.1, 0.15) is 5.69 Å². The molecule has 0 unspecified atom stereocenters. The summed E-state index contributed by atoms with van der Waals surface area (Å²) in [5, 5.41) is 3.44. The molecule has 2 rings (SSSR count). The van der Waals surface area contributed by atoms with Crippen molar-refractivity contribution in [1.82, 2.24) is 9.55 Å². The van der Waals surface area contributed by atoms with Crippen molar-refractivity contribution < 1.29 is 4.74 Å². The molecule has 0 fully saturated rings. The molecule has 114 valence electrons. The van der Waals surface area contributed by atoms with Crippen LogP contribution in [0.15, 0.2) is 30.7 Å². The van der Waals surface area contributed by atoms with Gasteiger partial charge in [-0.05, 0) is 24.1 Å². The van der Waals surface area contributed by atoms with Crippen molar-refractivity contribution in [3.63, 3.8) is 0 Å². The van der Waals surface area contributed by atoms with Crippen molar-refractivity contribution in [2.75, 3.05) is 31.4 Å². The van der Waals surface area contributed by atoms with E-state index < -0.39 is 0 Å². The number of hydrogen-bond acceptors (Lipinski definition) is 4. The molecule has 2 aromatic rings. The van der Waals surface area contributed by atoms with Crippen LogP contribution in [0.4, 0.5) is 11.4 Å². The maximum Gasteiger partial charge on any atom is 0.239 e. The van der Waals surface area contributed by atoms with Crippen LogP contribution in [0.1, 0.15) is 18.9 Å². The minimum atomic E-state index is 0.620. The largest absolute Gasteiger partial charge is 0.479 e. The Labute approximate surface area is 126 Å². The molecule has 0 spiro atoms. The van der Waals surface area contributed by atoms with Crippen LogP contribution >= 0.6 is 0 Å². The third-order valence-electron chi connectivity index (χ3n) is 3.33. The Kier molecular flexibility index (Phi) is 5.09. The van der Waals surface area contributed by atoms with Crippen LogP contribution in [0.25, 0.3) is 0 Å². The third kappa shape index (κ3) is 3.68. The molecule has 2 aromatic heterocycles. The molecule has 0 aliphatic rings. The van der Waals surface area contributed by atoms with Gasteiger partial charge in [-0.3, -0.25) is 0 Å². The first-order valence-corrected chi connectivity index (χ1v) is 7.24. The highest BCUT2D eigenvalue weighted by Crippen LogP contribution is 2.32. The third-order valence-corrected chi connectivity index (χ3v) is 3.33. The molecular formula is C16H24N4O. The van der Waals surface area contributed by atoms with E-state index in [0.717, 1.165) is 30.9 Å². The lowest BCUT2D eigenvalue weighted by atomic mass is 10.2. The highest BCUT2D eigenvalue weighted by Gasteiger charge is 2.12. The first kappa shape index (κ1) is 15.2. The molecule has 0 saturated carbocycles. The van der Waals surface area contributed by atoms with Crippen LogP contribution in [0, 0.1) is 0 Å². The summed E-state index contributed by atoms with van der Waals surface area (Å²) in [5.41, 5.74) is 3.24. The summed E-state index contributed by atoms with van der Waals surface area (Å²) < 4.78 is 7.58. The standard InChI is InChI=1S/C16H24N4O/c1-5-9-20-10-7-13(12-20)11-18-15-14(19(2)3)6-8-17-16(15)21-4/h6-8,10,12,18H,5,9,11H2,1-4H3. The molecule has 21 heavy (non-hydrogen) atoms. The topological polar surface area (TPSA) is 42.3 Å². The molecule has 0 saturated heterocycles. The van der Waals surface area contributed by atoms with Crippen molar-refractivity contribution in [2.45, 2.75) is 26.4 Å². The zero-order valence-corrected chi connectivity index (χ0v) is 13.3. The van der Waals surface area contributed by atoms with Gasteiger partial charge in [-0.1, -0.05) is 6.92 Å². The lowest BCUT2D eigenvalue weighted by Crippen LogP contribution is -2.13. The van der Waals surface area contributed by atoms with Gasteiger partial charge in [0, 0.05) is 45.8 Å². The molecule has 0 amide bonds. The van der Waals surface area contributed by atoms with Crippen molar-refractivity contribution in [1.29, 1.82) is 0 Å². The highest BCUT2D eigenvalue weighted by molar-refractivity contribution is 5.74. The molecule has 5 heteroatoms. The van der Waals surface area contributed by atoms with Crippen LogP contribution in [0.3, 0.4) is 0 Å². The molecule has 5 nitrogen and oxygen atoms in total. The Bertz CT molecular complexity index is 577. The Hall–Kier alpha value is -2.17. The molecule has 2 heterocycles. The summed E-state index contributed by atoms with van der Waals surface area (Å²) in [4.78, 5) is 6.32. The monoisotopic (exact) mass is 288 g/mol. The van der Waals surface area contributed by atoms with E-state index in [0.29, 0.717) is 5.88 Å². The van der Waals surface area contributed by atoms with Gasteiger partial charge in [-0.2, -0.15) is 0 Å². The highest BCUT2D eigenvalue weighted by atomic mass is 16.5. The molecule has 0 atom stereocenters. The van der Waals surface area contributed by atoms with E-state index >= 15 is 0 Å². The van der Waals surface area contributed by atoms with Gasteiger partial charge in [0.2, 0.25) is 5.88 Å². The maximum atomic E-state index is 5.36. The Morgan fingerprint density at radius 1 is 1.33 bits per heavy atom. The second kappa shape index (κ2) is 7.02. The SMILES string of the molecule is CCCn1ccc(CNc2c(N(C)C)ccnc2OC)c1. The van der Waals surface area contributed by atoms with Crippen LogP contribution in [-0.4, -0.2) is 30.8 Å². The summed E-state index contributed by atoms with van der Waals surface area (Å²) in [6.07, 6.45) is 7.20. The first-order chi connectivity index (χ1) is 10.2. The van der Waals surface area contributed by atoms with E-state index in [9.17, 15) is 0 Å². The number of ether oxygens (including phenoxy) is 1.